The van der Waals surface area contributed by atoms with Gasteiger partial charge in [-0.2, -0.15) is 0 Å². The van der Waals surface area contributed by atoms with Gasteiger partial charge in [-0.1, -0.05) is 19.1 Å². The molecule has 0 saturated carbocycles. The summed E-state index contributed by atoms with van der Waals surface area (Å²) in [6.07, 6.45) is 2.13. The Morgan fingerprint density at radius 3 is 2.80 bits per heavy atom. The summed E-state index contributed by atoms with van der Waals surface area (Å²) in [5.74, 6) is 0.813. The zero-order chi connectivity index (χ0) is 14.0. The lowest BCUT2D eigenvalue weighted by atomic mass is 9.82. The first-order valence-corrected chi connectivity index (χ1v) is 7.28. The first-order chi connectivity index (χ1) is 9.66. The number of benzene rings is 1. The number of aromatic nitrogens is 2. The predicted molar refractivity (Wildman–Crippen MR) is 81.2 cm³/mol. The summed E-state index contributed by atoms with van der Waals surface area (Å²) in [4.78, 5) is 8.57. The van der Waals surface area contributed by atoms with E-state index in [9.17, 15) is 0 Å². The second kappa shape index (κ2) is 5.54. The van der Waals surface area contributed by atoms with Crippen molar-refractivity contribution < 1.29 is 4.74 Å². The van der Waals surface area contributed by atoms with E-state index in [0.29, 0.717) is 0 Å². The van der Waals surface area contributed by atoms with Gasteiger partial charge in [-0.25, -0.2) is 9.97 Å². The standard InChI is InChI=1S/C15H18ClN3O/c1-15(6-8-20-9-7-15)10-17-13-11-4-2-3-5-12(11)18-14(16)19-13/h2-5H,6-10H2,1H3,(H,17,18,19). The molecular formula is C15H18ClN3O. The van der Waals surface area contributed by atoms with Crippen molar-refractivity contribution in [3.8, 4) is 0 Å². The molecule has 1 aliphatic rings. The molecule has 0 aliphatic carbocycles. The van der Waals surface area contributed by atoms with Crippen molar-refractivity contribution in [3.05, 3.63) is 29.5 Å². The molecule has 4 nitrogen and oxygen atoms in total. The van der Waals surface area contributed by atoms with Gasteiger partial charge in [0.25, 0.3) is 0 Å². The van der Waals surface area contributed by atoms with Crippen LogP contribution in [0.2, 0.25) is 5.28 Å². The molecule has 2 aromatic rings. The van der Waals surface area contributed by atoms with E-state index in [-0.39, 0.29) is 10.7 Å². The van der Waals surface area contributed by atoms with Gasteiger partial charge in [0.15, 0.2) is 0 Å². The van der Waals surface area contributed by atoms with E-state index in [2.05, 4.69) is 22.2 Å². The fourth-order valence-corrected chi connectivity index (χ4v) is 2.70. The lowest BCUT2D eigenvalue weighted by Gasteiger charge is -2.33. The first kappa shape index (κ1) is 13.6. The Morgan fingerprint density at radius 1 is 1.25 bits per heavy atom. The smallest absolute Gasteiger partial charge is 0.224 e. The molecule has 1 aliphatic heterocycles. The summed E-state index contributed by atoms with van der Waals surface area (Å²) >= 11 is 6.00. The molecule has 0 radical (unpaired) electrons. The van der Waals surface area contributed by atoms with Gasteiger partial charge in [0, 0.05) is 25.1 Å². The lowest BCUT2D eigenvalue weighted by molar-refractivity contribution is 0.0300. The highest BCUT2D eigenvalue weighted by Crippen LogP contribution is 2.31. The summed E-state index contributed by atoms with van der Waals surface area (Å²) in [5, 5.41) is 4.74. The SMILES string of the molecule is CC1(CNc2nc(Cl)nc3ccccc23)CCOCC1. The van der Waals surface area contributed by atoms with E-state index >= 15 is 0 Å². The van der Waals surface area contributed by atoms with Gasteiger partial charge in [0.2, 0.25) is 5.28 Å². The van der Waals surface area contributed by atoms with Crippen LogP contribution in [-0.2, 0) is 4.74 Å². The van der Waals surface area contributed by atoms with E-state index < -0.39 is 0 Å². The summed E-state index contributed by atoms with van der Waals surface area (Å²) in [5.41, 5.74) is 1.11. The Kier molecular flexibility index (Phi) is 3.76. The van der Waals surface area contributed by atoms with Crippen LogP contribution in [0.15, 0.2) is 24.3 Å². The second-order valence-electron chi connectivity index (χ2n) is 5.63. The second-order valence-corrected chi connectivity index (χ2v) is 5.97. The van der Waals surface area contributed by atoms with E-state index in [1.165, 1.54) is 0 Å². The number of anilines is 1. The van der Waals surface area contributed by atoms with Crippen LogP contribution in [0.25, 0.3) is 10.9 Å². The van der Waals surface area contributed by atoms with Gasteiger partial charge in [0.1, 0.15) is 5.82 Å². The van der Waals surface area contributed by atoms with Crippen LogP contribution in [0, 0.1) is 5.41 Å². The van der Waals surface area contributed by atoms with Crippen molar-refractivity contribution in [2.45, 2.75) is 19.8 Å². The molecular weight excluding hydrogens is 274 g/mol. The minimum atomic E-state index is 0.247. The average Bonchev–Trinajstić information content (AvgIpc) is 2.45. The number of nitrogens with one attached hydrogen (secondary N) is 1. The summed E-state index contributed by atoms with van der Waals surface area (Å²) in [6, 6.07) is 7.90. The van der Waals surface area contributed by atoms with Gasteiger partial charge < -0.3 is 10.1 Å². The monoisotopic (exact) mass is 291 g/mol. The highest BCUT2D eigenvalue weighted by Gasteiger charge is 2.27. The number of hydrogen-bond acceptors (Lipinski definition) is 4. The molecule has 1 saturated heterocycles. The van der Waals surface area contributed by atoms with Gasteiger partial charge in [0.05, 0.1) is 5.52 Å². The van der Waals surface area contributed by atoms with E-state index in [4.69, 9.17) is 16.3 Å². The minimum Gasteiger partial charge on any atom is -0.381 e. The van der Waals surface area contributed by atoms with Crippen LogP contribution < -0.4 is 5.32 Å². The van der Waals surface area contributed by atoms with Crippen LogP contribution in [0.4, 0.5) is 5.82 Å². The van der Waals surface area contributed by atoms with Crippen molar-refractivity contribution in [1.82, 2.24) is 9.97 Å². The average molecular weight is 292 g/mol. The number of halogens is 1. The summed E-state index contributed by atoms with van der Waals surface area (Å²) in [7, 11) is 0. The highest BCUT2D eigenvalue weighted by molar-refractivity contribution is 6.28. The molecule has 0 bridgehead atoms. The van der Waals surface area contributed by atoms with Crippen molar-refractivity contribution in [2.24, 2.45) is 5.41 Å². The van der Waals surface area contributed by atoms with Crippen molar-refractivity contribution >= 4 is 28.3 Å². The van der Waals surface area contributed by atoms with Crippen molar-refractivity contribution in [2.75, 3.05) is 25.1 Å². The Bertz CT molecular complexity index is 611. The minimum absolute atomic E-state index is 0.247. The predicted octanol–water partition coefficient (Wildman–Crippen LogP) is 3.51. The molecule has 0 spiro atoms. The van der Waals surface area contributed by atoms with Gasteiger partial charge in [-0.05, 0) is 42.0 Å². The third kappa shape index (κ3) is 2.86. The fourth-order valence-electron chi connectivity index (χ4n) is 2.52. The maximum Gasteiger partial charge on any atom is 0.224 e. The van der Waals surface area contributed by atoms with Crippen LogP contribution in [-0.4, -0.2) is 29.7 Å². The lowest BCUT2D eigenvalue weighted by Crippen LogP contribution is -2.33. The number of para-hydroxylation sites is 1. The third-order valence-electron chi connectivity index (χ3n) is 3.96. The largest absolute Gasteiger partial charge is 0.381 e. The topological polar surface area (TPSA) is 47.0 Å². The molecule has 0 unspecified atom stereocenters. The van der Waals surface area contributed by atoms with E-state index in [1.54, 1.807) is 0 Å². The van der Waals surface area contributed by atoms with E-state index in [0.717, 1.165) is 49.3 Å². The number of hydrogen-bond donors (Lipinski definition) is 1. The summed E-state index contributed by atoms with van der Waals surface area (Å²) in [6.45, 7) is 4.83. The molecule has 1 aromatic carbocycles. The zero-order valence-corrected chi connectivity index (χ0v) is 12.3. The third-order valence-corrected chi connectivity index (χ3v) is 4.13. The maximum absolute atomic E-state index is 6.00. The van der Waals surface area contributed by atoms with E-state index in [1.807, 2.05) is 24.3 Å². The molecule has 0 amide bonds. The van der Waals surface area contributed by atoms with Crippen LogP contribution >= 0.6 is 11.6 Å². The maximum atomic E-state index is 6.00. The molecule has 2 heterocycles. The number of ether oxygens (including phenoxy) is 1. The van der Waals surface area contributed by atoms with Gasteiger partial charge in [-0.3, -0.25) is 0 Å². The van der Waals surface area contributed by atoms with Crippen molar-refractivity contribution in [1.29, 1.82) is 0 Å². The molecule has 3 rings (SSSR count). The highest BCUT2D eigenvalue weighted by atomic mass is 35.5. The van der Waals surface area contributed by atoms with Crippen LogP contribution in [0.1, 0.15) is 19.8 Å². The Balaban J connectivity index is 1.83. The van der Waals surface area contributed by atoms with Crippen LogP contribution in [0.3, 0.4) is 0 Å². The zero-order valence-electron chi connectivity index (χ0n) is 11.5. The van der Waals surface area contributed by atoms with Gasteiger partial charge >= 0.3 is 0 Å². The normalized spacial score (nSPS) is 18.1. The molecule has 1 N–H and O–H groups in total. The molecule has 1 fully saturated rings. The Morgan fingerprint density at radius 2 is 2.00 bits per heavy atom. The number of rotatable bonds is 3. The summed E-state index contributed by atoms with van der Waals surface area (Å²) < 4.78 is 5.43. The van der Waals surface area contributed by atoms with Crippen molar-refractivity contribution in [3.63, 3.8) is 0 Å². The quantitative estimate of drug-likeness (QED) is 0.879. The number of fused-ring (bicyclic) bond motifs is 1. The molecule has 106 valence electrons. The van der Waals surface area contributed by atoms with Crippen LogP contribution in [0.5, 0.6) is 0 Å². The Labute approximate surface area is 123 Å². The Hall–Kier alpha value is -1.39. The molecule has 1 aromatic heterocycles. The first-order valence-electron chi connectivity index (χ1n) is 6.90. The number of nitrogens with zero attached hydrogens (tertiary/aromatic N) is 2. The molecule has 0 atom stereocenters. The fraction of sp³-hybridized carbons (Fsp3) is 0.467. The molecule has 20 heavy (non-hydrogen) atoms. The van der Waals surface area contributed by atoms with Gasteiger partial charge in [-0.15, -0.1) is 0 Å². The molecule has 5 heteroatoms.